The van der Waals surface area contributed by atoms with E-state index >= 15 is 0 Å². The van der Waals surface area contributed by atoms with Gasteiger partial charge < -0.3 is 5.32 Å². The van der Waals surface area contributed by atoms with Crippen LogP contribution in [0.1, 0.15) is 48.9 Å². The molecule has 0 aliphatic carbocycles. The zero-order chi connectivity index (χ0) is 14.9. The Morgan fingerprint density at radius 3 is 2.62 bits per heavy atom. The summed E-state index contributed by atoms with van der Waals surface area (Å²) >= 11 is 0. The molecule has 2 nitrogen and oxygen atoms in total. The first-order chi connectivity index (χ1) is 10.3. The lowest BCUT2D eigenvalue weighted by molar-refractivity contribution is 0.480. The van der Waals surface area contributed by atoms with Crippen LogP contribution in [0.5, 0.6) is 0 Å². The van der Waals surface area contributed by atoms with E-state index in [1.54, 1.807) is 0 Å². The normalized spacial score (nSPS) is 11.8. The van der Waals surface area contributed by atoms with Gasteiger partial charge in [-0.15, -0.1) is 0 Å². The van der Waals surface area contributed by atoms with Crippen molar-refractivity contribution in [3.05, 3.63) is 71.3 Å². The molecular formula is C19H22N2. The van der Waals surface area contributed by atoms with E-state index in [4.69, 9.17) is 5.26 Å². The van der Waals surface area contributed by atoms with E-state index in [0.29, 0.717) is 6.04 Å². The molecule has 108 valence electrons. The van der Waals surface area contributed by atoms with Crippen molar-refractivity contribution in [3.63, 3.8) is 0 Å². The Morgan fingerprint density at radius 1 is 1.10 bits per heavy atom. The number of hydrogen-bond acceptors (Lipinski definition) is 2. The van der Waals surface area contributed by atoms with Crippen molar-refractivity contribution in [1.82, 2.24) is 5.32 Å². The number of hydrogen-bond donors (Lipinski definition) is 1. The molecule has 0 aliphatic rings. The number of nitrogens with one attached hydrogen (secondary N) is 1. The van der Waals surface area contributed by atoms with E-state index in [0.717, 1.165) is 24.1 Å². The van der Waals surface area contributed by atoms with Gasteiger partial charge in [0.25, 0.3) is 0 Å². The molecule has 21 heavy (non-hydrogen) atoms. The molecule has 2 heteroatoms. The van der Waals surface area contributed by atoms with Gasteiger partial charge in [-0.25, -0.2) is 0 Å². The van der Waals surface area contributed by atoms with Gasteiger partial charge in [0.1, 0.15) is 0 Å². The average Bonchev–Trinajstić information content (AvgIpc) is 2.56. The summed E-state index contributed by atoms with van der Waals surface area (Å²) in [7, 11) is 0. The Hall–Kier alpha value is -2.11. The van der Waals surface area contributed by atoms with Crippen LogP contribution >= 0.6 is 0 Å². The minimum atomic E-state index is 0.372. The van der Waals surface area contributed by atoms with Gasteiger partial charge in [-0.1, -0.05) is 62.2 Å². The molecule has 0 radical (unpaired) electrons. The molecule has 0 heterocycles. The summed E-state index contributed by atoms with van der Waals surface area (Å²) in [5, 5.41) is 12.6. The third-order valence-electron chi connectivity index (χ3n) is 3.66. The lowest BCUT2D eigenvalue weighted by Crippen LogP contribution is -2.21. The fourth-order valence-electron chi connectivity index (χ4n) is 2.47. The fourth-order valence-corrected chi connectivity index (χ4v) is 2.47. The zero-order valence-electron chi connectivity index (χ0n) is 12.5. The summed E-state index contributed by atoms with van der Waals surface area (Å²) < 4.78 is 0. The minimum Gasteiger partial charge on any atom is -0.306 e. The molecular weight excluding hydrogens is 256 g/mol. The Kier molecular flexibility index (Phi) is 5.99. The second-order valence-electron chi connectivity index (χ2n) is 5.30. The van der Waals surface area contributed by atoms with Crippen LogP contribution in [0.15, 0.2) is 54.6 Å². The van der Waals surface area contributed by atoms with Crippen molar-refractivity contribution in [1.29, 1.82) is 5.26 Å². The molecule has 2 aromatic rings. The Morgan fingerprint density at radius 2 is 1.90 bits per heavy atom. The van der Waals surface area contributed by atoms with E-state index < -0.39 is 0 Å². The van der Waals surface area contributed by atoms with Gasteiger partial charge in [-0.2, -0.15) is 5.26 Å². The standard InChI is InChI=1S/C19H22N2/c1-2-3-12-19(18-10-5-4-6-11-18)21-15-17-9-7-8-16(13-17)14-20/h4-11,13,19,21H,2-3,12,15H2,1H3. The molecule has 2 rings (SSSR count). The van der Waals surface area contributed by atoms with E-state index in [1.165, 1.54) is 18.4 Å². The van der Waals surface area contributed by atoms with Crippen molar-refractivity contribution in [2.75, 3.05) is 0 Å². The molecule has 0 aliphatic heterocycles. The van der Waals surface area contributed by atoms with E-state index in [9.17, 15) is 0 Å². The molecule has 1 N–H and O–H groups in total. The largest absolute Gasteiger partial charge is 0.306 e. The molecule has 1 atom stereocenters. The monoisotopic (exact) mass is 278 g/mol. The second kappa shape index (κ2) is 8.24. The molecule has 0 bridgehead atoms. The summed E-state index contributed by atoms with van der Waals surface area (Å²) in [5.41, 5.74) is 3.22. The molecule has 0 spiro atoms. The number of nitrogens with zero attached hydrogens (tertiary/aromatic N) is 1. The predicted octanol–water partition coefficient (Wildman–Crippen LogP) is 4.58. The molecule has 0 aromatic heterocycles. The van der Waals surface area contributed by atoms with Crippen LogP contribution in [0.25, 0.3) is 0 Å². The smallest absolute Gasteiger partial charge is 0.0991 e. The molecule has 0 saturated heterocycles. The Labute approximate surface area is 127 Å². The van der Waals surface area contributed by atoms with Gasteiger partial charge in [-0.05, 0) is 29.7 Å². The zero-order valence-corrected chi connectivity index (χ0v) is 12.5. The van der Waals surface area contributed by atoms with Crippen LogP contribution in [0.4, 0.5) is 0 Å². The van der Waals surface area contributed by atoms with Crippen LogP contribution in [0.2, 0.25) is 0 Å². The summed E-state index contributed by atoms with van der Waals surface area (Å²) in [5.74, 6) is 0. The third kappa shape index (κ3) is 4.73. The second-order valence-corrected chi connectivity index (χ2v) is 5.30. The van der Waals surface area contributed by atoms with Gasteiger partial charge >= 0.3 is 0 Å². The van der Waals surface area contributed by atoms with Crippen LogP contribution in [-0.4, -0.2) is 0 Å². The maximum atomic E-state index is 8.96. The summed E-state index contributed by atoms with van der Waals surface area (Å²) in [4.78, 5) is 0. The maximum absolute atomic E-state index is 8.96. The van der Waals surface area contributed by atoms with Gasteiger partial charge in [0.2, 0.25) is 0 Å². The lowest BCUT2D eigenvalue weighted by Gasteiger charge is -2.19. The minimum absolute atomic E-state index is 0.372. The van der Waals surface area contributed by atoms with Crippen LogP contribution in [-0.2, 0) is 6.54 Å². The number of nitriles is 1. The molecule has 0 amide bonds. The van der Waals surface area contributed by atoms with Crippen molar-refractivity contribution >= 4 is 0 Å². The summed E-state index contributed by atoms with van der Waals surface area (Å²) in [6.45, 7) is 3.01. The summed E-state index contributed by atoms with van der Waals surface area (Å²) in [6.07, 6.45) is 3.55. The van der Waals surface area contributed by atoms with Gasteiger partial charge in [0, 0.05) is 12.6 Å². The van der Waals surface area contributed by atoms with Crippen LogP contribution in [0, 0.1) is 11.3 Å². The third-order valence-corrected chi connectivity index (χ3v) is 3.66. The quantitative estimate of drug-likeness (QED) is 0.804. The maximum Gasteiger partial charge on any atom is 0.0991 e. The highest BCUT2D eigenvalue weighted by atomic mass is 14.9. The molecule has 2 aromatic carbocycles. The van der Waals surface area contributed by atoms with Crippen molar-refractivity contribution in [3.8, 4) is 6.07 Å². The van der Waals surface area contributed by atoms with Crippen molar-refractivity contribution in [2.45, 2.75) is 38.8 Å². The van der Waals surface area contributed by atoms with E-state index in [2.05, 4.69) is 54.7 Å². The number of rotatable bonds is 7. The topological polar surface area (TPSA) is 35.8 Å². The number of unbranched alkanes of at least 4 members (excludes halogenated alkanes) is 1. The lowest BCUT2D eigenvalue weighted by atomic mass is 10.0. The Bertz CT molecular complexity index is 584. The van der Waals surface area contributed by atoms with Crippen molar-refractivity contribution in [2.24, 2.45) is 0 Å². The fraction of sp³-hybridized carbons (Fsp3) is 0.316. The highest BCUT2D eigenvalue weighted by Crippen LogP contribution is 2.20. The van der Waals surface area contributed by atoms with Crippen molar-refractivity contribution < 1.29 is 0 Å². The van der Waals surface area contributed by atoms with E-state index in [-0.39, 0.29) is 0 Å². The van der Waals surface area contributed by atoms with Crippen LogP contribution in [0.3, 0.4) is 0 Å². The van der Waals surface area contributed by atoms with Gasteiger partial charge in [0.15, 0.2) is 0 Å². The first-order valence-corrected chi connectivity index (χ1v) is 7.61. The predicted molar refractivity (Wildman–Crippen MR) is 86.7 cm³/mol. The first kappa shape index (κ1) is 15.3. The van der Waals surface area contributed by atoms with Crippen LogP contribution < -0.4 is 5.32 Å². The average molecular weight is 278 g/mol. The highest BCUT2D eigenvalue weighted by Gasteiger charge is 2.10. The number of benzene rings is 2. The molecule has 0 saturated carbocycles. The van der Waals surface area contributed by atoms with Gasteiger partial charge in [-0.3, -0.25) is 0 Å². The first-order valence-electron chi connectivity index (χ1n) is 7.61. The van der Waals surface area contributed by atoms with E-state index in [1.807, 2.05) is 18.2 Å². The Balaban J connectivity index is 2.03. The molecule has 1 unspecified atom stereocenters. The molecule has 0 fully saturated rings. The summed E-state index contributed by atoms with van der Waals surface area (Å²) in [6, 6.07) is 21.0. The van der Waals surface area contributed by atoms with Gasteiger partial charge in [0.05, 0.1) is 11.6 Å². The highest BCUT2D eigenvalue weighted by molar-refractivity contribution is 5.32. The SMILES string of the molecule is CCCCC(NCc1cccc(C#N)c1)c1ccccc1.